The third-order valence-corrected chi connectivity index (χ3v) is 5.07. The van der Waals surface area contributed by atoms with Crippen LogP contribution in [0.5, 0.6) is 0 Å². The van der Waals surface area contributed by atoms with Crippen molar-refractivity contribution in [2.24, 2.45) is 5.73 Å². The molecule has 1 fully saturated rings. The van der Waals surface area contributed by atoms with E-state index in [0.717, 1.165) is 12.2 Å². The van der Waals surface area contributed by atoms with Crippen LogP contribution in [0.15, 0.2) is 24.4 Å². The van der Waals surface area contributed by atoms with Crippen LogP contribution in [0.3, 0.4) is 0 Å². The second-order valence-electron chi connectivity index (χ2n) is 4.69. The van der Waals surface area contributed by atoms with E-state index in [1.165, 1.54) is 0 Å². The third kappa shape index (κ3) is 3.07. The Morgan fingerprint density at radius 2 is 2.22 bits per heavy atom. The second-order valence-corrected chi connectivity index (χ2v) is 6.85. The highest BCUT2D eigenvalue weighted by Crippen LogP contribution is 2.18. The Labute approximate surface area is 108 Å². The fourth-order valence-electron chi connectivity index (χ4n) is 2.40. The summed E-state index contributed by atoms with van der Waals surface area (Å²) in [4.78, 5) is 6.36. The van der Waals surface area contributed by atoms with Crippen LogP contribution >= 0.6 is 0 Å². The van der Waals surface area contributed by atoms with Crippen LogP contribution in [0.25, 0.3) is 0 Å². The Kier molecular flexibility index (Phi) is 3.99. The normalized spacial score (nSPS) is 26.6. The number of rotatable bonds is 4. The molecular weight excluding hydrogens is 250 g/mol. The molecule has 1 saturated heterocycles. The maximum absolute atomic E-state index is 11.6. The summed E-state index contributed by atoms with van der Waals surface area (Å²) in [5.41, 5.74) is 6.88. The monoisotopic (exact) mass is 269 g/mol. The third-order valence-electron chi connectivity index (χ3n) is 3.33. The van der Waals surface area contributed by atoms with Gasteiger partial charge in [-0.15, -0.1) is 0 Å². The van der Waals surface area contributed by atoms with E-state index in [9.17, 15) is 8.42 Å². The van der Waals surface area contributed by atoms with Gasteiger partial charge in [0, 0.05) is 24.8 Å². The quantitative estimate of drug-likeness (QED) is 0.834. The van der Waals surface area contributed by atoms with Gasteiger partial charge in [0.2, 0.25) is 0 Å². The summed E-state index contributed by atoms with van der Waals surface area (Å²) in [6.07, 6.45) is 1.74. The van der Waals surface area contributed by atoms with Crippen molar-refractivity contribution < 1.29 is 8.42 Å². The molecular formula is C12H19N3O2S. The molecule has 6 heteroatoms. The van der Waals surface area contributed by atoms with E-state index in [1.54, 1.807) is 6.20 Å². The van der Waals surface area contributed by atoms with Crippen LogP contribution in [0.2, 0.25) is 0 Å². The van der Waals surface area contributed by atoms with Crippen molar-refractivity contribution in [1.82, 2.24) is 9.88 Å². The second kappa shape index (κ2) is 5.34. The Bertz CT molecular complexity index is 489. The summed E-state index contributed by atoms with van der Waals surface area (Å²) in [7, 11) is -2.98. The topological polar surface area (TPSA) is 76.3 Å². The molecule has 0 spiro atoms. The van der Waals surface area contributed by atoms with Crippen molar-refractivity contribution >= 4 is 9.84 Å². The lowest BCUT2D eigenvalue weighted by Crippen LogP contribution is -2.46. The number of aromatic nitrogens is 1. The number of hydrogen-bond donors (Lipinski definition) is 1. The molecule has 0 saturated carbocycles. The lowest BCUT2D eigenvalue weighted by Gasteiger charge is -2.29. The minimum absolute atomic E-state index is 0.0936. The first-order valence-electron chi connectivity index (χ1n) is 6.12. The highest BCUT2D eigenvalue weighted by molar-refractivity contribution is 7.91. The molecule has 1 aliphatic heterocycles. The van der Waals surface area contributed by atoms with Crippen LogP contribution in [-0.4, -0.2) is 48.4 Å². The van der Waals surface area contributed by atoms with Gasteiger partial charge in [-0.05, 0) is 18.7 Å². The number of nitrogens with zero attached hydrogens (tertiary/aromatic N) is 2. The maximum atomic E-state index is 11.6. The molecule has 0 amide bonds. The largest absolute Gasteiger partial charge is 0.325 e. The molecule has 2 unspecified atom stereocenters. The molecule has 0 aromatic carbocycles. The first-order valence-corrected chi connectivity index (χ1v) is 7.94. The van der Waals surface area contributed by atoms with Crippen molar-refractivity contribution in [3.8, 4) is 0 Å². The molecule has 2 rings (SSSR count). The van der Waals surface area contributed by atoms with Gasteiger partial charge in [-0.25, -0.2) is 8.42 Å². The van der Waals surface area contributed by atoms with E-state index in [2.05, 4.69) is 9.88 Å². The van der Waals surface area contributed by atoms with Crippen LogP contribution in [0, 0.1) is 0 Å². The van der Waals surface area contributed by atoms with E-state index in [1.807, 2.05) is 25.1 Å². The molecule has 2 atom stereocenters. The lowest BCUT2D eigenvalue weighted by molar-refractivity contribution is 0.198. The molecule has 18 heavy (non-hydrogen) atoms. The van der Waals surface area contributed by atoms with Crippen molar-refractivity contribution in [3.05, 3.63) is 30.1 Å². The summed E-state index contributed by atoms with van der Waals surface area (Å²) < 4.78 is 23.2. The SMILES string of the molecule is CCN(Cc1ccccn1)C1CS(=O)(=O)CC1N. The first kappa shape index (κ1) is 13.5. The number of sulfone groups is 1. The fraction of sp³-hybridized carbons (Fsp3) is 0.583. The minimum Gasteiger partial charge on any atom is -0.325 e. The van der Waals surface area contributed by atoms with E-state index in [4.69, 9.17) is 5.73 Å². The molecule has 5 nitrogen and oxygen atoms in total. The minimum atomic E-state index is -2.98. The molecule has 1 aromatic heterocycles. The number of nitrogens with two attached hydrogens (primary N) is 1. The number of pyridine rings is 1. The van der Waals surface area contributed by atoms with Gasteiger partial charge < -0.3 is 5.73 Å². The summed E-state index contributed by atoms with van der Waals surface area (Å²) in [5, 5.41) is 0. The zero-order valence-electron chi connectivity index (χ0n) is 10.5. The van der Waals surface area contributed by atoms with Crippen molar-refractivity contribution in [3.63, 3.8) is 0 Å². The maximum Gasteiger partial charge on any atom is 0.153 e. The molecule has 1 aromatic rings. The van der Waals surface area contributed by atoms with Crippen LogP contribution < -0.4 is 5.73 Å². The molecule has 2 heterocycles. The van der Waals surface area contributed by atoms with Crippen molar-refractivity contribution in [2.45, 2.75) is 25.6 Å². The standard InChI is InChI=1S/C12H19N3O2S/c1-2-15(7-10-5-3-4-6-14-10)12-9-18(16,17)8-11(12)13/h3-6,11-12H,2,7-9,13H2,1H3. The predicted molar refractivity (Wildman–Crippen MR) is 70.7 cm³/mol. The van der Waals surface area contributed by atoms with Crippen LogP contribution in [-0.2, 0) is 16.4 Å². The van der Waals surface area contributed by atoms with Gasteiger partial charge >= 0.3 is 0 Å². The first-order chi connectivity index (χ1) is 8.52. The Morgan fingerprint density at radius 1 is 1.44 bits per heavy atom. The van der Waals surface area contributed by atoms with E-state index in [-0.39, 0.29) is 23.6 Å². The van der Waals surface area contributed by atoms with Gasteiger partial charge in [-0.3, -0.25) is 9.88 Å². The van der Waals surface area contributed by atoms with Crippen LogP contribution in [0.4, 0.5) is 0 Å². The van der Waals surface area contributed by atoms with E-state index >= 15 is 0 Å². The van der Waals surface area contributed by atoms with Gasteiger partial charge in [0.1, 0.15) is 0 Å². The summed E-state index contributed by atoms with van der Waals surface area (Å²) in [6, 6.07) is 5.35. The van der Waals surface area contributed by atoms with E-state index < -0.39 is 9.84 Å². The Balaban J connectivity index is 2.10. The number of likely N-dealkylation sites (N-methyl/N-ethyl adjacent to an activating group) is 1. The molecule has 2 N–H and O–H groups in total. The van der Waals surface area contributed by atoms with Crippen molar-refractivity contribution in [2.75, 3.05) is 18.1 Å². The number of hydrogen-bond acceptors (Lipinski definition) is 5. The highest BCUT2D eigenvalue weighted by atomic mass is 32.2. The Morgan fingerprint density at radius 3 is 2.72 bits per heavy atom. The predicted octanol–water partition coefficient (Wildman–Crippen LogP) is 0.0278. The van der Waals surface area contributed by atoms with E-state index in [0.29, 0.717) is 6.54 Å². The molecule has 0 radical (unpaired) electrons. The summed E-state index contributed by atoms with van der Waals surface area (Å²) in [6.45, 7) is 3.43. The highest BCUT2D eigenvalue weighted by Gasteiger charge is 2.38. The average Bonchev–Trinajstić information content (AvgIpc) is 2.61. The van der Waals surface area contributed by atoms with Gasteiger partial charge in [-0.1, -0.05) is 13.0 Å². The summed E-state index contributed by atoms with van der Waals surface area (Å²) >= 11 is 0. The Hall–Kier alpha value is -0.980. The van der Waals surface area contributed by atoms with Gasteiger partial charge in [0.05, 0.1) is 17.2 Å². The average molecular weight is 269 g/mol. The zero-order valence-corrected chi connectivity index (χ0v) is 11.3. The molecule has 0 bridgehead atoms. The fourth-order valence-corrected chi connectivity index (χ4v) is 4.32. The van der Waals surface area contributed by atoms with Crippen molar-refractivity contribution in [1.29, 1.82) is 0 Å². The smallest absolute Gasteiger partial charge is 0.153 e. The van der Waals surface area contributed by atoms with Crippen LogP contribution in [0.1, 0.15) is 12.6 Å². The van der Waals surface area contributed by atoms with Gasteiger partial charge in [0.25, 0.3) is 0 Å². The molecule has 0 aliphatic carbocycles. The summed E-state index contributed by atoms with van der Waals surface area (Å²) in [5.74, 6) is 0.255. The molecule has 1 aliphatic rings. The molecule has 100 valence electrons. The van der Waals surface area contributed by atoms with Gasteiger partial charge in [0.15, 0.2) is 9.84 Å². The van der Waals surface area contributed by atoms with Gasteiger partial charge in [-0.2, -0.15) is 0 Å². The zero-order chi connectivity index (χ0) is 13.2. The lowest BCUT2D eigenvalue weighted by atomic mass is 10.1.